The zero-order valence-corrected chi connectivity index (χ0v) is 16.7. The molecule has 0 bridgehead atoms. The lowest BCUT2D eigenvalue weighted by Gasteiger charge is -2.14. The van der Waals surface area contributed by atoms with Gasteiger partial charge in [0.15, 0.2) is 5.82 Å². The van der Waals surface area contributed by atoms with E-state index in [2.05, 4.69) is 15.5 Å². The van der Waals surface area contributed by atoms with Gasteiger partial charge >= 0.3 is 6.18 Å². The van der Waals surface area contributed by atoms with Gasteiger partial charge in [-0.1, -0.05) is 35.0 Å². The third kappa shape index (κ3) is 5.14. The number of hydrogen-bond donors (Lipinski definition) is 2. The summed E-state index contributed by atoms with van der Waals surface area (Å²) in [5.74, 6) is 5.41. The van der Waals surface area contributed by atoms with Gasteiger partial charge in [-0.2, -0.15) is 13.2 Å². The van der Waals surface area contributed by atoms with Crippen LogP contribution in [0.15, 0.2) is 47.6 Å². The Labute approximate surface area is 177 Å². The summed E-state index contributed by atoms with van der Waals surface area (Å²) in [4.78, 5) is 12.1. The number of nitrogens with one attached hydrogen (secondary N) is 1. The number of benzene rings is 2. The molecule has 0 radical (unpaired) electrons. The Morgan fingerprint density at radius 2 is 1.76 bits per heavy atom. The lowest BCUT2D eigenvalue weighted by molar-refractivity contribution is -0.137. The number of nitrogen functional groups attached to an aromatic ring is 1. The van der Waals surface area contributed by atoms with Gasteiger partial charge in [0.25, 0.3) is 0 Å². The number of carbonyl (C=O) groups excluding carboxylic acids is 1. The number of thioether (sulfide) groups is 1. The van der Waals surface area contributed by atoms with Crippen molar-refractivity contribution in [1.82, 2.24) is 14.9 Å². The van der Waals surface area contributed by atoms with E-state index in [1.165, 1.54) is 10.7 Å². The number of carbonyl (C=O) groups is 1. The molecule has 3 rings (SSSR count). The SMILES string of the molecule is Nn1c(SCC(=O)Nc2ccc(Cl)cc2C(F)(F)F)nnc1-c1ccc(Cl)cc1. The minimum Gasteiger partial charge on any atom is -0.335 e. The van der Waals surface area contributed by atoms with E-state index < -0.39 is 17.6 Å². The fraction of sp³-hybridized carbons (Fsp3) is 0.118. The van der Waals surface area contributed by atoms with E-state index in [0.29, 0.717) is 16.4 Å². The molecule has 0 saturated heterocycles. The largest absolute Gasteiger partial charge is 0.418 e. The van der Waals surface area contributed by atoms with Crippen molar-refractivity contribution in [3.63, 3.8) is 0 Å². The average molecular weight is 462 g/mol. The molecule has 152 valence electrons. The highest BCUT2D eigenvalue weighted by atomic mass is 35.5. The van der Waals surface area contributed by atoms with Crippen LogP contribution >= 0.6 is 35.0 Å². The third-order valence-corrected chi connectivity index (χ3v) is 5.09. The van der Waals surface area contributed by atoms with Crippen molar-refractivity contribution < 1.29 is 18.0 Å². The van der Waals surface area contributed by atoms with Gasteiger partial charge in [-0.25, -0.2) is 4.68 Å². The quantitative estimate of drug-likeness (QED) is 0.424. The second kappa shape index (κ2) is 8.52. The van der Waals surface area contributed by atoms with E-state index in [1.54, 1.807) is 24.3 Å². The van der Waals surface area contributed by atoms with Crippen molar-refractivity contribution in [3.8, 4) is 11.4 Å². The molecule has 0 aliphatic carbocycles. The van der Waals surface area contributed by atoms with E-state index in [-0.39, 0.29) is 21.6 Å². The summed E-state index contributed by atoms with van der Waals surface area (Å²) in [6.45, 7) is 0. The van der Waals surface area contributed by atoms with Crippen LogP contribution in [0.2, 0.25) is 10.0 Å². The standard InChI is InChI=1S/C17H12Cl2F3N5OS/c18-10-3-1-9(2-4-10)15-25-26-16(27(15)23)29-8-14(28)24-13-6-5-11(19)7-12(13)17(20,21)22/h1-7H,8,23H2,(H,24,28). The van der Waals surface area contributed by atoms with Crippen molar-refractivity contribution in [2.45, 2.75) is 11.3 Å². The van der Waals surface area contributed by atoms with Crippen LogP contribution in [-0.2, 0) is 11.0 Å². The summed E-state index contributed by atoms with van der Waals surface area (Å²) in [7, 11) is 0. The number of alkyl halides is 3. The minimum atomic E-state index is -4.66. The normalized spacial score (nSPS) is 11.5. The number of anilines is 1. The predicted molar refractivity (Wildman–Crippen MR) is 106 cm³/mol. The highest BCUT2D eigenvalue weighted by Gasteiger charge is 2.34. The summed E-state index contributed by atoms with van der Waals surface area (Å²) < 4.78 is 40.5. The molecule has 6 nitrogen and oxygen atoms in total. The molecule has 0 atom stereocenters. The molecule has 3 N–H and O–H groups in total. The maximum absolute atomic E-state index is 13.1. The first-order chi connectivity index (χ1) is 13.6. The van der Waals surface area contributed by atoms with Gasteiger partial charge < -0.3 is 11.2 Å². The number of rotatable bonds is 5. The molecule has 1 aromatic heterocycles. The Kier molecular flexibility index (Phi) is 6.25. The van der Waals surface area contributed by atoms with Crippen LogP contribution in [0.25, 0.3) is 11.4 Å². The Morgan fingerprint density at radius 1 is 1.10 bits per heavy atom. The minimum absolute atomic E-state index is 0.0874. The first-order valence-electron chi connectivity index (χ1n) is 7.91. The number of nitrogens with zero attached hydrogens (tertiary/aromatic N) is 3. The molecule has 1 amide bonds. The molecule has 0 aliphatic rings. The maximum Gasteiger partial charge on any atom is 0.418 e. The van der Waals surface area contributed by atoms with Crippen LogP contribution in [0, 0.1) is 0 Å². The van der Waals surface area contributed by atoms with Gasteiger partial charge in [0.1, 0.15) is 0 Å². The van der Waals surface area contributed by atoms with E-state index in [0.717, 1.165) is 23.9 Å². The lowest BCUT2D eigenvalue weighted by atomic mass is 10.1. The van der Waals surface area contributed by atoms with Crippen molar-refractivity contribution in [2.75, 3.05) is 16.9 Å². The Morgan fingerprint density at radius 3 is 2.41 bits per heavy atom. The topological polar surface area (TPSA) is 85.8 Å². The van der Waals surface area contributed by atoms with Crippen molar-refractivity contribution in [2.24, 2.45) is 0 Å². The first-order valence-corrected chi connectivity index (χ1v) is 9.65. The van der Waals surface area contributed by atoms with Crippen LogP contribution < -0.4 is 11.2 Å². The molecule has 29 heavy (non-hydrogen) atoms. The molecule has 0 saturated carbocycles. The average Bonchev–Trinajstić information content (AvgIpc) is 3.02. The Bertz CT molecular complexity index is 1040. The van der Waals surface area contributed by atoms with Gasteiger partial charge in [0, 0.05) is 15.6 Å². The number of halogens is 5. The molecular formula is C17H12Cl2F3N5OS. The molecule has 12 heteroatoms. The zero-order valence-electron chi connectivity index (χ0n) is 14.4. The molecule has 0 spiro atoms. The van der Waals surface area contributed by atoms with Crippen LogP contribution in [0.1, 0.15) is 5.56 Å². The molecule has 2 aromatic carbocycles. The van der Waals surface area contributed by atoms with Crippen molar-refractivity contribution in [3.05, 3.63) is 58.1 Å². The van der Waals surface area contributed by atoms with Gasteiger partial charge in [-0.3, -0.25) is 4.79 Å². The number of aromatic nitrogens is 3. The second-order valence-corrected chi connectivity index (χ2v) is 7.52. The molecule has 0 unspecified atom stereocenters. The Hall–Kier alpha value is -2.43. The molecule has 0 fully saturated rings. The molecule has 3 aromatic rings. The van der Waals surface area contributed by atoms with E-state index in [4.69, 9.17) is 29.0 Å². The number of amides is 1. The van der Waals surface area contributed by atoms with E-state index >= 15 is 0 Å². The summed E-state index contributed by atoms with van der Waals surface area (Å²) >= 11 is 12.4. The third-order valence-electron chi connectivity index (χ3n) is 3.66. The first kappa shape index (κ1) is 21.3. The van der Waals surface area contributed by atoms with Gasteiger partial charge in [-0.15, -0.1) is 10.2 Å². The summed E-state index contributed by atoms with van der Waals surface area (Å²) in [5.41, 5.74) is -0.754. The molecule has 1 heterocycles. The van der Waals surface area contributed by atoms with Gasteiger partial charge in [-0.05, 0) is 42.5 Å². The van der Waals surface area contributed by atoms with Crippen molar-refractivity contribution >= 4 is 46.6 Å². The number of nitrogens with two attached hydrogens (primary N) is 1. The maximum atomic E-state index is 13.1. The lowest BCUT2D eigenvalue weighted by Crippen LogP contribution is -2.19. The molecular weight excluding hydrogens is 450 g/mol. The van der Waals surface area contributed by atoms with Crippen LogP contribution in [0.3, 0.4) is 0 Å². The second-order valence-electron chi connectivity index (χ2n) is 5.71. The van der Waals surface area contributed by atoms with Crippen LogP contribution in [0.5, 0.6) is 0 Å². The zero-order chi connectivity index (χ0) is 21.2. The van der Waals surface area contributed by atoms with Crippen LogP contribution in [0.4, 0.5) is 18.9 Å². The summed E-state index contributed by atoms with van der Waals surface area (Å²) in [6.07, 6.45) is -4.66. The predicted octanol–water partition coefficient (Wildman–Crippen LogP) is 4.72. The smallest absolute Gasteiger partial charge is 0.335 e. The summed E-state index contributed by atoms with van der Waals surface area (Å²) in [6, 6.07) is 9.84. The van der Waals surface area contributed by atoms with Gasteiger partial charge in [0.05, 0.1) is 17.0 Å². The van der Waals surface area contributed by atoms with Crippen molar-refractivity contribution in [1.29, 1.82) is 0 Å². The Balaban J connectivity index is 1.69. The highest BCUT2D eigenvalue weighted by Crippen LogP contribution is 2.36. The fourth-order valence-corrected chi connectivity index (χ4v) is 3.30. The van der Waals surface area contributed by atoms with E-state index in [9.17, 15) is 18.0 Å². The number of hydrogen-bond acceptors (Lipinski definition) is 5. The van der Waals surface area contributed by atoms with Crippen LogP contribution in [-0.4, -0.2) is 26.5 Å². The molecule has 0 aliphatic heterocycles. The summed E-state index contributed by atoms with van der Waals surface area (Å²) in [5, 5.41) is 10.8. The highest BCUT2D eigenvalue weighted by molar-refractivity contribution is 7.99. The van der Waals surface area contributed by atoms with Gasteiger partial charge in [0.2, 0.25) is 11.1 Å². The fourth-order valence-electron chi connectivity index (χ4n) is 2.35. The van der Waals surface area contributed by atoms with E-state index in [1.807, 2.05) is 0 Å². The monoisotopic (exact) mass is 461 g/mol.